The summed E-state index contributed by atoms with van der Waals surface area (Å²) in [6, 6.07) is 17.2. The van der Waals surface area contributed by atoms with E-state index in [1.54, 1.807) is 10.2 Å². The molecule has 0 saturated heterocycles. The van der Waals surface area contributed by atoms with E-state index in [1.807, 2.05) is 60.8 Å². The van der Waals surface area contributed by atoms with Crippen molar-refractivity contribution in [1.29, 1.82) is 0 Å². The van der Waals surface area contributed by atoms with Crippen molar-refractivity contribution in [1.82, 2.24) is 18.9 Å². The number of imidazole rings is 1. The highest BCUT2D eigenvalue weighted by molar-refractivity contribution is 7.82. The number of rotatable bonds is 4. The second-order valence-electron chi connectivity index (χ2n) is 5.09. The van der Waals surface area contributed by atoms with Crippen LogP contribution >= 0.6 is 0 Å². The van der Waals surface area contributed by atoms with Crippen molar-refractivity contribution < 1.29 is 4.21 Å². The molecule has 0 aliphatic rings. The fraction of sp³-hybridized carbons (Fsp3) is 0.0588. The van der Waals surface area contributed by atoms with Crippen molar-refractivity contribution in [2.24, 2.45) is 0 Å². The molecule has 1 unspecified atom stereocenters. The average Bonchev–Trinajstić information content (AvgIpc) is 3.23. The Balaban J connectivity index is 1.84. The zero-order chi connectivity index (χ0) is 15.6. The summed E-state index contributed by atoms with van der Waals surface area (Å²) >= 11 is 0. The second-order valence-corrected chi connectivity index (χ2v) is 6.39. The summed E-state index contributed by atoms with van der Waals surface area (Å²) in [6.45, 7) is 0. The summed E-state index contributed by atoms with van der Waals surface area (Å²) in [5.41, 5.74) is 3.31. The highest BCUT2D eigenvalue weighted by atomic mass is 32.2. The molecule has 4 rings (SSSR count). The fourth-order valence-corrected chi connectivity index (χ4v) is 3.78. The highest BCUT2D eigenvalue weighted by Crippen LogP contribution is 2.25. The number of benzene rings is 1. The molecule has 0 amide bonds. The lowest BCUT2D eigenvalue weighted by atomic mass is 10.3. The van der Waals surface area contributed by atoms with E-state index >= 15 is 0 Å². The van der Waals surface area contributed by atoms with Crippen molar-refractivity contribution in [2.45, 2.75) is 5.75 Å². The smallest absolute Gasteiger partial charge is 0.169 e. The number of aromatic amines is 1. The van der Waals surface area contributed by atoms with Crippen molar-refractivity contribution >= 4 is 22.0 Å². The molecule has 5 nitrogen and oxygen atoms in total. The third kappa shape index (κ3) is 2.57. The third-order valence-corrected chi connectivity index (χ3v) is 4.88. The molecule has 0 aliphatic heterocycles. The molecule has 0 radical (unpaired) electrons. The Morgan fingerprint density at radius 2 is 1.91 bits per heavy atom. The second kappa shape index (κ2) is 5.81. The summed E-state index contributed by atoms with van der Waals surface area (Å²) in [5.74, 6) is 1.01. The van der Waals surface area contributed by atoms with Gasteiger partial charge in [-0.05, 0) is 36.4 Å². The van der Waals surface area contributed by atoms with Crippen LogP contribution < -0.4 is 0 Å². The maximum atomic E-state index is 13.0. The van der Waals surface area contributed by atoms with Crippen molar-refractivity contribution in [2.75, 3.05) is 0 Å². The lowest BCUT2D eigenvalue weighted by Crippen LogP contribution is -2.09. The molecule has 6 heteroatoms. The normalized spacial score (nSPS) is 12.5. The Kier molecular flexibility index (Phi) is 3.51. The van der Waals surface area contributed by atoms with E-state index in [0.29, 0.717) is 11.6 Å². The van der Waals surface area contributed by atoms with Crippen LogP contribution in [0.1, 0.15) is 5.69 Å². The van der Waals surface area contributed by atoms with Gasteiger partial charge < -0.3 is 4.98 Å². The van der Waals surface area contributed by atoms with Gasteiger partial charge in [-0.2, -0.15) is 0 Å². The Bertz CT molecular complexity index is 961. The summed E-state index contributed by atoms with van der Waals surface area (Å²) in [6.07, 6.45) is 3.55. The Morgan fingerprint density at radius 3 is 2.70 bits per heavy atom. The standard InChI is InChI=1S/C17H14N4OS/c22-23(12-13-6-3-4-10-18-13)21-16-9-2-1-7-14(16)20-17(21)15-8-5-11-19-15/h1-11,19H,12H2. The first-order chi connectivity index (χ1) is 11.3. The number of H-pyrrole nitrogens is 1. The van der Waals surface area contributed by atoms with E-state index in [4.69, 9.17) is 0 Å². The molecule has 0 saturated carbocycles. The first-order valence-electron chi connectivity index (χ1n) is 7.23. The van der Waals surface area contributed by atoms with E-state index in [9.17, 15) is 4.21 Å². The molecule has 3 aromatic heterocycles. The number of nitrogens with zero attached hydrogens (tertiary/aromatic N) is 3. The van der Waals surface area contributed by atoms with Crippen molar-refractivity contribution in [3.63, 3.8) is 0 Å². The van der Waals surface area contributed by atoms with Crippen LogP contribution in [-0.4, -0.2) is 23.1 Å². The van der Waals surface area contributed by atoms with Gasteiger partial charge in [-0.3, -0.25) is 4.98 Å². The van der Waals surface area contributed by atoms with E-state index in [-0.39, 0.29) is 0 Å². The molecule has 0 aliphatic carbocycles. The van der Waals surface area contributed by atoms with Gasteiger partial charge in [0.05, 0.1) is 28.2 Å². The molecule has 1 atom stereocenters. The maximum absolute atomic E-state index is 13.0. The zero-order valence-electron chi connectivity index (χ0n) is 12.2. The van der Waals surface area contributed by atoms with Gasteiger partial charge >= 0.3 is 0 Å². The van der Waals surface area contributed by atoms with Gasteiger partial charge in [-0.25, -0.2) is 13.2 Å². The van der Waals surface area contributed by atoms with Crippen LogP contribution in [0.4, 0.5) is 0 Å². The number of nitrogens with one attached hydrogen (secondary N) is 1. The van der Waals surface area contributed by atoms with Gasteiger partial charge in [-0.15, -0.1) is 0 Å². The molecular weight excluding hydrogens is 308 g/mol. The van der Waals surface area contributed by atoms with Gasteiger partial charge in [0.1, 0.15) is 11.0 Å². The molecule has 0 spiro atoms. The van der Waals surface area contributed by atoms with E-state index in [2.05, 4.69) is 15.0 Å². The molecule has 0 fully saturated rings. The molecule has 1 aromatic carbocycles. The van der Waals surface area contributed by atoms with Crippen LogP contribution in [0.15, 0.2) is 67.0 Å². The zero-order valence-corrected chi connectivity index (χ0v) is 13.0. The molecule has 23 heavy (non-hydrogen) atoms. The minimum absolute atomic E-state index is 0.342. The number of hydrogen-bond acceptors (Lipinski definition) is 3. The Hall–Kier alpha value is -2.73. The first kappa shape index (κ1) is 13.9. The number of hydrogen-bond donors (Lipinski definition) is 1. The van der Waals surface area contributed by atoms with Gasteiger partial charge in [0.25, 0.3) is 0 Å². The minimum Gasteiger partial charge on any atom is -0.359 e. The number of aromatic nitrogens is 4. The monoisotopic (exact) mass is 322 g/mol. The van der Waals surface area contributed by atoms with E-state index < -0.39 is 11.0 Å². The van der Waals surface area contributed by atoms with Crippen LogP contribution in [0, 0.1) is 0 Å². The molecule has 114 valence electrons. The predicted molar refractivity (Wildman–Crippen MR) is 91.0 cm³/mol. The van der Waals surface area contributed by atoms with E-state index in [1.165, 1.54) is 0 Å². The fourth-order valence-electron chi connectivity index (χ4n) is 2.52. The van der Waals surface area contributed by atoms with Crippen LogP contribution in [0.2, 0.25) is 0 Å². The van der Waals surface area contributed by atoms with Crippen LogP contribution in [0.5, 0.6) is 0 Å². The Labute approximate surface area is 135 Å². The Morgan fingerprint density at radius 1 is 1.04 bits per heavy atom. The minimum atomic E-state index is -1.30. The van der Waals surface area contributed by atoms with Crippen molar-refractivity contribution in [3.8, 4) is 11.5 Å². The summed E-state index contributed by atoms with van der Waals surface area (Å²) in [4.78, 5) is 12.0. The topological polar surface area (TPSA) is 63.6 Å². The number of pyridine rings is 1. The largest absolute Gasteiger partial charge is 0.359 e. The van der Waals surface area contributed by atoms with Gasteiger partial charge in [0.2, 0.25) is 0 Å². The van der Waals surface area contributed by atoms with Crippen LogP contribution in [0.25, 0.3) is 22.6 Å². The lowest BCUT2D eigenvalue weighted by molar-refractivity contribution is 0.677. The summed E-state index contributed by atoms with van der Waals surface area (Å²) < 4.78 is 14.8. The average molecular weight is 322 g/mol. The first-order valence-corrected chi connectivity index (χ1v) is 8.50. The maximum Gasteiger partial charge on any atom is 0.169 e. The summed E-state index contributed by atoms with van der Waals surface area (Å²) in [5, 5.41) is 0. The van der Waals surface area contributed by atoms with Crippen molar-refractivity contribution in [3.05, 3.63) is 72.7 Å². The highest BCUT2D eigenvalue weighted by Gasteiger charge is 2.18. The third-order valence-electron chi connectivity index (χ3n) is 3.56. The molecule has 1 N–H and O–H groups in total. The van der Waals surface area contributed by atoms with Crippen LogP contribution in [0.3, 0.4) is 0 Å². The van der Waals surface area contributed by atoms with Gasteiger partial charge in [-0.1, -0.05) is 18.2 Å². The lowest BCUT2D eigenvalue weighted by Gasteiger charge is -2.07. The number of fused-ring (bicyclic) bond motifs is 1. The quantitative estimate of drug-likeness (QED) is 0.628. The number of para-hydroxylation sites is 2. The molecular formula is C17H14N4OS. The van der Waals surface area contributed by atoms with Crippen LogP contribution in [-0.2, 0) is 16.7 Å². The van der Waals surface area contributed by atoms with Gasteiger partial charge in [0, 0.05) is 12.4 Å². The summed E-state index contributed by atoms with van der Waals surface area (Å²) in [7, 11) is -1.30. The predicted octanol–water partition coefficient (Wildman–Crippen LogP) is 3.14. The molecule has 0 bridgehead atoms. The van der Waals surface area contributed by atoms with E-state index in [0.717, 1.165) is 22.4 Å². The van der Waals surface area contributed by atoms with Gasteiger partial charge in [0.15, 0.2) is 5.82 Å². The molecule has 4 aromatic rings. The SMILES string of the molecule is O=S(Cc1ccccn1)n1c(-c2ccc[nH]2)nc2ccccc21. The molecule has 3 heterocycles.